The van der Waals surface area contributed by atoms with Crippen LogP contribution in [0.3, 0.4) is 0 Å². The molecule has 151 valence electrons. The van der Waals surface area contributed by atoms with Crippen molar-refractivity contribution in [1.29, 1.82) is 0 Å². The van der Waals surface area contributed by atoms with E-state index in [0.717, 1.165) is 0 Å². The van der Waals surface area contributed by atoms with E-state index in [0.29, 0.717) is 23.3 Å². The number of allylic oxidation sites excluding steroid dienone is 3. The Labute approximate surface area is 193 Å². The second kappa shape index (κ2) is 10.8. The van der Waals surface area contributed by atoms with Gasteiger partial charge >= 0.3 is 29.6 Å². The number of aliphatic hydroxyl groups excluding tert-OH is 1. The van der Waals surface area contributed by atoms with Crippen molar-refractivity contribution >= 4 is 25.8 Å². The van der Waals surface area contributed by atoms with E-state index in [4.69, 9.17) is 9.47 Å². The van der Waals surface area contributed by atoms with E-state index in [9.17, 15) is 19.5 Å². The number of hydrogen-bond acceptors (Lipinski definition) is 6. The van der Waals surface area contributed by atoms with Gasteiger partial charge in [0.05, 0.1) is 14.2 Å². The van der Waals surface area contributed by atoms with Crippen molar-refractivity contribution in [3.8, 4) is 0 Å². The zero-order chi connectivity index (χ0) is 20.4. The molecule has 0 saturated heterocycles. The van der Waals surface area contributed by atoms with Gasteiger partial charge in [-0.2, -0.15) is 0 Å². The Morgan fingerprint density at radius 2 is 1.39 bits per heavy atom. The van der Waals surface area contributed by atoms with E-state index in [1.165, 1.54) is 14.2 Å². The number of carbonyl (C=O) groups is 3. The minimum absolute atomic E-state index is 0. The first kappa shape index (κ1) is 29.3. The summed E-state index contributed by atoms with van der Waals surface area (Å²) in [5, 5.41) is 9.66. The van der Waals surface area contributed by atoms with Crippen LogP contribution in [0.25, 0.3) is 0 Å². The topological polar surface area (TPSA) is 89.9 Å². The van der Waals surface area contributed by atoms with E-state index < -0.39 is 16.9 Å². The normalized spacial score (nSPS) is 23.2. The van der Waals surface area contributed by atoms with Crippen molar-refractivity contribution < 1.29 is 59.9 Å². The summed E-state index contributed by atoms with van der Waals surface area (Å²) in [5.74, 6) is 0.636. The Kier molecular flexibility index (Phi) is 11.3. The van der Waals surface area contributed by atoms with E-state index in [1.807, 2.05) is 13.8 Å². The molecule has 3 radical (unpaired) electrons. The van der Waals surface area contributed by atoms with Crippen LogP contribution in [0.2, 0.25) is 0 Å². The number of ether oxygens (including phenoxy) is 2. The molecule has 0 aromatic carbocycles. The van der Waals surface area contributed by atoms with Crippen molar-refractivity contribution in [2.45, 2.75) is 60.5 Å². The Morgan fingerprint density at radius 3 is 1.82 bits per heavy atom. The summed E-state index contributed by atoms with van der Waals surface area (Å²) in [5.41, 5.74) is -0.0376. The molecule has 8 heteroatoms. The first-order valence-corrected chi connectivity index (χ1v) is 8.60. The number of methoxy groups -OCH3 is 2. The largest absolute Gasteiger partial charge is 1.00 e. The van der Waals surface area contributed by atoms with Crippen molar-refractivity contribution in [2.75, 3.05) is 14.2 Å². The van der Waals surface area contributed by atoms with Crippen LogP contribution in [0.4, 0.5) is 0 Å². The zero-order valence-corrected chi connectivity index (χ0v) is 20.6. The molecule has 0 amide bonds. The first-order valence-electron chi connectivity index (χ1n) is 8.60. The summed E-state index contributed by atoms with van der Waals surface area (Å²) >= 11 is 0. The van der Waals surface area contributed by atoms with Gasteiger partial charge in [-0.15, -0.1) is 0 Å². The summed E-state index contributed by atoms with van der Waals surface area (Å²) in [7, 11) is 2.90. The number of hydrogen-bond donors (Lipinski definition) is 1. The fourth-order valence-corrected chi connectivity index (χ4v) is 3.48. The quantitative estimate of drug-likeness (QED) is 0.627. The summed E-state index contributed by atoms with van der Waals surface area (Å²) in [6.45, 7) is 10.6. The molecule has 2 aliphatic carbocycles. The molecule has 0 saturated carbocycles. The summed E-state index contributed by atoms with van der Waals surface area (Å²) in [6.07, 6.45) is 0.0382. The van der Waals surface area contributed by atoms with E-state index in [-0.39, 0.29) is 68.9 Å². The molecule has 2 rings (SSSR count). The van der Waals surface area contributed by atoms with Crippen LogP contribution in [0.1, 0.15) is 55.8 Å². The molecule has 0 fully saturated rings. The summed E-state index contributed by atoms with van der Waals surface area (Å²) in [6, 6.07) is 0. The molecule has 2 aliphatic rings. The van der Waals surface area contributed by atoms with Gasteiger partial charge in [0.15, 0.2) is 23.1 Å². The molecule has 1 N–H and O–H groups in total. The van der Waals surface area contributed by atoms with Gasteiger partial charge in [-0.1, -0.05) is 27.7 Å². The predicted octanol–water partition coefficient (Wildman–Crippen LogP) is -0.523. The summed E-state index contributed by atoms with van der Waals surface area (Å²) < 4.78 is 9.88. The average molecular weight is 401 g/mol. The van der Waals surface area contributed by atoms with Gasteiger partial charge in [-0.25, -0.2) is 0 Å². The van der Waals surface area contributed by atoms with Crippen LogP contribution < -0.4 is 29.6 Å². The minimum atomic E-state index is -0.641. The van der Waals surface area contributed by atoms with Crippen molar-refractivity contribution in [1.82, 2.24) is 0 Å². The third-order valence-corrected chi connectivity index (χ3v) is 4.91. The van der Waals surface area contributed by atoms with Crippen LogP contribution in [-0.4, -0.2) is 51.2 Å². The van der Waals surface area contributed by atoms with Gasteiger partial charge < -0.3 is 16.0 Å². The van der Waals surface area contributed by atoms with Gasteiger partial charge in [0.1, 0.15) is 11.9 Å². The molecule has 0 heterocycles. The molecule has 6 nitrogen and oxygen atoms in total. The summed E-state index contributed by atoms with van der Waals surface area (Å²) in [4.78, 5) is 34.8. The van der Waals surface area contributed by atoms with Gasteiger partial charge in [0.2, 0.25) is 0 Å². The molecule has 0 bridgehead atoms. The zero-order valence-electron chi connectivity index (χ0n) is 19.6. The molecule has 0 spiro atoms. The monoisotopic (exact) mass is 401 g/mol. The van der Waals surface area contributed by atoms with Gasteiger partial charge in [-0.05, 0) is 20.3 Å². The molecule has 1 unspecified atom stereocenters. The molecule has 0 aromatic heterocycles. The van der Waals surface area contributed by atoms with E-state index >= 15 is 0 Å². The first-order chi connectivity index (χ1) is 11.8. The molecule has 0 aliphatic heterocycles. The fourth-order valence-electron chi connectivity index (χ4n) is 3.48. The third kappa shape index (κ3) is 6.05. The van der Waals surface area contributed by atoms with Crippen molar-refractivity contribution in [3.05, 3.63) is 22.7 Å². The maximum Gasteiger partial charge on any atom is 1.00 e. The van der Waals surface area contributed by atoms with E-state index in [1.54, 1.807) is 27.7 Å². The van der Waals surface area contributed by atoms with Crippen LogP contribution in [0.5, 0.6) is 0 Å². The number of ketones is 3. The Bertz CT molecular complexity index is 697. The number of Topliss-reactive ketones (excluding diaryl/α,β-unsaturated/α-hetero) is 3. The second-order valence-corrected chi connectivity index (χ2v) is 8.10. The molecule has 0 aromatic rings. The van der Waals surface area contributed by atoms with Gasteiger partial charge in [-0.3, -0.25) is 14.4 Å². The minimum Gasteiger partial charge on any atom is -1.00 e. The fraction of sp³-hybridized carbons (Fsp3) is 0.650. The Balaban J connectivity index is -0.000000422. The van der Waals surface area contributed by atoms with Gasteiger partial charge in [0.25, 0.3) is 0 Å². The van der Waals surface area contributed by atoms with Crippen LogP contribution in [0, 0.1) is 10.8 Å². The number of carbonyl (C=O) groups excluding carboxylic acids is 3. The SMILES string of the molecule is COC1=C(C)C(=O)C(C)(C)CC1=O.COC1=C(C)C(=O)C(C)(C)CC1O.[B].[H-].[Na+]. The van der Waals surface area contributed by atoms with E-state index in [2.05, 4.69) is 0 Å². The second-order valence-electron chi connectivity index (χ2n) is 8.10. The van der Waals surface area contributed by atoms with Crippen molar-refractivity contribution in [3.63, 3.8) is 0 Å². The standard InChI is InChI=1S/C10H16O3.C10H14O3.B.Na.H/c2*1-6-8(13-4)7(11)5-10(2,3)9(6)12;;;/h7,11H,5H2,1-4H3;5H2,1-4H3;;;/q;;;+1;-1. The van der Waals surface area contributed by atoms with Crippen LogP contribution in [-0.2, 0) is 23.9 Å². The molecule has 1 atom stereocenters. The van der Waals surface area contributed by atoms with Crippen LogP contribution >= 0.6 is 0 Å². The maximum absolute atomic E-state index is 11.7. The Hall–Kier alpha value is -0.885. The number of aliphatic hydroxyl groups is 1. The molecular weight excluding hydrogens is 370 g/mol. The predicted molar refractivity (Wildman–Crippen MR) is 104 cm³/mol. The van der Waals surface area contributed by atoms with Crippen LogP contribution in [0.15, 0.2) is 22.7 Å². The maximum atomic E-state index is 11.7. The van der Waals surface area contributed by atoms with Gasteiger partial charge in [0, 0.05) is 36.8 Å². The smallest absolute Gasteiger partial charge is 1.00 e. The molecular formula is C20H31BNaO6. The number of rotatable bonds is 2. The molecule has 28 heavy (non-hydrogen) atoms. The third-order valence-electron chi connectivity index (χ3n) is 4.91. The average Bonchev–Trinajstić information content (AvgIpc) is 2.51. The Morgan fingerprint density at radius 1 is 0.929 bits per heavy atom. The van der Waals surface area contributed by atoms with Crippen molar-refractivity contribution in [2.24, 2.45) is 10.8 Å².